The summed E-state index contributed by atoms with van der Waals surface area (Å²) in [6, 6.07) is 7.64. The number of nitrogens with two attached hydrogens (primary N) is 1. The maximum absolute atomic E-state index is 12.3. The number of anilines is 1. The summed E-state index contributed by atoms with van der Waals surface area (Å²) in [5.74, 6) is 0.759. The lowest BCUT2D eigenvalue weighted by molar-refractivity contribution is -0.121. The molecule has 2 aliphatic carbocycles. The highest BCUT2D eigenvalue weighted by Crippen LogP contribution is 2.29. The average Bonchev–Trinajstić information content (AvgIpc) is 3.12. The molecule has 0 bridgehead atoms. The maximum Gasteiger partial charge on any atom is 0.244 e. The Hall–Kier alpha value is -1.55. The van der Waals surface area contributed by atoms with E-state index in [1.54, 1.807) is 0 Å². The quantitative estimate of drug-likeness (QED) is 0.894. The number of benzene rings is 1. The molecule has 0 aromatic heterocycles. The van der Waals surface area contributed by atoms with Gasteiger partial charge in [0, 0.05) is 11.8 Å². The van der Waals surface area contributed by atoms with Gasteiger partial charge in [-0.3, -0.25) is 4.79 Å². The Kier molecular flexibility index (Phi) is 4.15. The SMILES string of the molecule is NC1(C(=O)Nc2cccc(OC3CCCC3)c2)CCCC1. The Bertz CT molecular complexity index is 503. The van der Waals surface area contributed by atoms with Crippen LogP contribution in [-0.4, -0.2) is 17.6 Å². The highest BCUT2D eigenvalue weighted by molar-refractivity contribution is 5.98. The van der Waals surface area contributed by atoms with Gasteiger partial charge < -0.3 is 15.8 Å². The van der Waals surface area contributed by atoms with E-state index in [2.05, 4.69) is 5.32 Å². The predicted molar refractivity (Wildman–Crippen MR) is 83.3 cm³/mol. The molecule has 114 valence electrons. The van der Waals surface area contributed by atoms with Gasteiger partial charge in [-0.15, -0.1) is 0 Å². The van der Waals surface area contributed by atoms with Gasteiger partial charge in [-0.05, 0) is 50.7 Å². The second-order valence-electron chi connectivity index (χ2n) is 6.37. The van der Waals surface area contributed by atoms with Gasteiger partial charge in [-0.2, -0.15) is 0 Å². The molecule has 0 spiro atoms. The topological polar surface area (TPSA) is 64.4 Å². The van der Waals surface area contributed by atoms with E-state index in [0.29, 0.717) is 6.10 Å². The minimum atomic E-state index is -0.692. The van der Waals surface area contributed by atoms with Crippen molar-refractivity contribution in [3.63, 3.8) is 0 Å². The minimum Gasteiger partial charge on any atom is -0.490 e. The highest BCUT2D eigenvalue weighted by atomic mass is 16.5. The van der Waals surface area contributed by atoms with Gasteiger partial charge in [0.2, 0.25) is 5.91 Å². The fourth-order valence-corrected chi connectivity index (χ4v) is 3.33. The third-order valence-corrected chi connectivity index (χ3v) is 4.64. The number of hydrogen-bond donors (Lipinski definition) is 2. The van der Waals surface area contributed by atoms with E-state index in [0.717, 1.165) is 50.0 Å². The molecule has 1 amide bonds. The second kappa shape index (κ2) is 6.06. The van der Waals surface area contributed by atoms with Crippen LogP contribution in [0.25, 0.3) is 0 Å². The first-order valence-electron chi connectivity index (χ1n) is 8.03. The molecule has 3 N–H and O–H groups in total. The zero-order valence-electron chi connectivity index (χ0n) is 12.4. The summed E-state index contributed by atoms with van der Waals surface area (Å²) in [6.45, 7) is 0. The number of rotatable bonds is 4. The molecule has 2 fully saturated rings. The summed E-state index contributed by atoms with van der Waals surface area (Å²) in [7, 11) is 0. The summed E-state index contributed by atoms with van der Waals surface area (Å²) in [6.07, 6.45) is 8.70. The van der Waals surface area contributed by atoms with Crippen molar-refractivity contribution in [1.82, 2.24) is 0 Å². The standard InChI is InChI=1S/C17H24N2O2/c18-17(10-3-4-11-17)16(20)19-13-6-5-9-15(12-13)21-14-7-1-2-8-14/h5-6,9,12,14H,1-4,7-8,10-11,18H2,(H,19,20). The molecule has 3 rings (SSSR count). The van der Waals surface area contributed by atoms with Crippen LogP contribution in [0.5, 0.6) is 5.75 Å². The van der Waals surface area contributed by atoms with E-state index in [1.807, 2.05) is 24.3 Å². The monoisotopic (exact) mass is 288 g/mol. The summed E-state index contributed by atoms with van der Waals surface area (Å²) in [5, 5.41) is 2.95. The van der Waals surface area contributed by atoms with Crippen LogP contribution in [0.2, 0.25) is 0 Å². The van der Waals surface area contributed by atoms with Crippen LogP contribution in [0.15, 0.2) is 24.3 Å². The number of hydrogen-bond acceptors (Lipinski definition) is 3. The maximum atomic E-state index is 12.3. The smallest absolute Gasteiger partial charge is 0.244 e. The van der Waals surface area contributed by atoms with Crippen LogP contribution in [0.1, 0.15) is 51.4 Å². The molecular formula is C17H24N2O2. The van der Waals surface area contributed by atoms with Gasteiger partial charge in [-0.25, -0.2) is 0 Å². The van der Waals surface area contributed by atoms with Crippen LogP contribution < -0.4 is 15.8 Å². The van der Waals surface area contributed by atoms with Crippen molar-refractivity contribution >= 4 is 11.6 Å². The van der Waals surface area contributed by atoms with Crippen LogP contribution in [0, 0.1) is 0 Å². The van der Waals surface area contributed by atoms with Crippen molar-refractivity contribution in [2.24, 2.45) is 5.73 Å². The summed E-state index contributed by atoms with van der Waals surface area (Å²) >= 11 is 0. The van der Waals surface area contributed by atoms with Crippen LogP contribution in [-0.2, 0) is 4.79 Å². The van der Waals surface area contributed by atoms with Crippen molar-refractivity contribution in [2.45, 2.75) is 63.0 Å². The molecule has 21 heavy (non-hydrogen) atoms. The molecule has 0 unspecified atom stereocenters. The Morgan fingerprint density at radius 3 is 2.62 bits per heavy atom. The zero-order valence-corrected chi connectivity index (χ0v) is 12.4. The van der Waals surface area contributed by atoms with Crippen molar-refractivity contribution in [1.29, 1.82) is 0 Å². The van der Waals surface area contributed by atoms with Crippen LogP contribution >= 0.6 is 0 Å². The normalized spacial score (nSPS) is 21.4. The molecule has 1 aromatic carbocycles. The molecule has 4 nitrogen and oxygen atoms in total. The molecule has 0 saturated heterocycles. The molecule has 0 atom stereocenters. The van der Waals surface area contributed by atoms with Crippen molar-refractivity contribution in [3.8, 4) is 5.75 Å². The van der Waals surface area contributed by atoms with E-state index >= 15 is 0 Å². The number of carbonyl (C=O) groups excluding carboxylic acids is 1. The minimum absolute atomic E-state index is 0.0713. The molecule has 1 aromatic rings. The molecular weight excluding hydrogens is 264 g/mol. The Labute approximate surface area is 126 Å². The largest absolute Gasteiger partial charge is 0.490 e. The van der Waals surface area contributed by atoms with Crippen molar-refractivity contribution in [3.05, 3.63) is 24.3 Å². The lowest BCUT2D eigenvalue weighted by Gasteiger charge is -2.22. The average molecular weight is 288 g/mol. The molecule has 2 saturated carbocycles. The van der Waals surface area contributed by atoms with Crippen LogP contribution in [0.4, 0.5) is 5.69 Å². The number of amides is 1. The van der Waals surface area contributed by atoms with Crippen LogP contribution in [0.3, 0.4) is 0 Å². The number of ether oxygens (including phenoxy) is 1. The van der Waals surface area contributed by atoms with Crippen molar-refractivity contribution in [2.75, 3.05) is 5.32 Å². The van der Waals surface area contributed by atoms with E-state index in [9.17, 15) is 4.79 Å². The predicted octanol–water partition coefficient (Wildman–Crippen LogP) is 3.22. The molecule has 4 heteroatoms. The second-order valence-corrected chi connectivity index (χ2v) is 6.37. The van der Waals surface area contributed by atoms with E-state index in [1.165, 1.54) is 12.8 Å². The first-order valence-corrected chi connectivity index (χ1v) is 8.03. The van der Waals surface area contributed by atoms with Gasteiger partial charge >= 0.3 is 0 Å². The van der Waals surface area contributed by atoms with E-state index < -0.39 is 5.54 Å². The van der Waals surface area contributed by atoms with Gasteiger partial charge in [0.25, 0.3) is 0 Å². The fourth-order valence-electron chi connectivity index (χ4n) is 3.33. The van der Waals surface area contributed by atoms with E-state index in [4.69, 9.17) is 10.5 Å². The van der Waals surface area contributed by atoms with Gasteiger partial charge in [0.15, 0.2) is 0 Å². The third-order valence-electron chi connectivity index (χ3n) is 4.64. The lowest BCUT2D eigenvalue weighted by Crippen LogP contribution is -2.48. The summed E-state index contributed by atoms with van der Waals surface area (Å²) in [4.78, 5) is 12.3. The first-order chi connectivity index (χ1) is 10.2. The molecule has 0 radical (unpaired) electrons. The number of nitrogens with one attached hydrogen (secondary N) is 1. The zero-order chi connectivity index (χ0) is 14.7. The summed E-state index contributed by atoms with van der Waals surface area (Å²) < 4.78 is 5.97. The number of carbonyl (C=O) groups is 1. The first kappa shape index (κ1) is 14.4. The van der Waals surface area contributed by atoms with Gasteiger partial charge in [-0.1, -0.05) is 18.9 Å². The third kappa shape index (κ3) is 3.38. The Morgan fingerprint density at radius 2 is 1.90 bits per heavy atom. The highest BCUT2D eigenvalue weighted by Gasteiger charge is 2.36. The fraction of sp³-hybridized carbons (Fsp3) is 0.588. The Morgan fingerprint density at radius 1 is 1.19 bits per heavy atom. The lowest BCUT2D eigenvalue weighted by atomic mass is 9.98. The van der Waals surface area contributed by atoms with Gasteiger partial charge in [0.05, 0.1) is 11.6 Å². The Balaban J connectivity index is 1.63. The van der Waals surface area contributed by atoms with E-state index in [-0.39, 0.29) is 5.91 Å². The molecule has 0 aliphatic heterocycles. The molecule has 0 heterocycles. The molecule has 2 aliphatic rings. The summed E-state index contributed by atoms with van der Waals surface area (Å²) in [5.41, 5.74) is 6.26. The van der Waals surface area contributed by atoms with Gasteiger partial charge in [0.1, 0.15) is 5.75 Å². The van der Waals surface area contributed by atoms with Crippen molar-refractivity contribution < 1.29 is 9.53 Å².